The third-order valence-corrected chi connectivity index (χ3v) is 2.77. The molecular weight excluding hydrogens is 240 g/mol. The number of nitrogens with one attached hydrogen (secondary N) is 1. The van der Waals surface area contributed by atoms with Gasteiger partial charge in [0.2, 0.25) is 0 Å². The lowest BCUT2D eigenvalue weighted by atomic mass is 10.1. The highest BCUT2D eigenvalue weighted by atomic mass is 35.5. The van der Waals surface area contributed by atoms with E-state index in [0.29, 0.717) is 17.2 Å². The van der Waals surface area contributed by atoms with Gasteiger partial charge in [-0.05, 0) is 30.5 Å². The minimum Gasteiger partial charge on any atom is -0.479 e. The Bertz CT molecular complexity index is 396. The molecule has 0 aliphatic heterocycles. The van der Waals surface area contributed by atoms with Crippen LogP contribution in [0.5, 0.6) is 5.75 Å². The highest BCUT2D eigenvalue weighted by Gasteiger charge is 2.18. The van der Waals surface area contributed by atoms with Crippen LogP contribution in [0.1, 0.15) is 25.8 Å². The van der Waals surface area contributed by atoms with Crippen LogP contribution in [-0.2, 0) is 11.2 Å². The highest BCUT2D eigenvalue weighted by Crippen LogP contribution is 2.27. The van der Waals surface area contributed by atoms with Gasteiger partial charge in [-0.3, -0.25) is 10.2 Å². The van der Waals surface area contributed by atoms with Gasteiger partial charge in [0.25, 0.3) is 5.91 Å². The number of ether oxygens (including phenoxy) is 1. The average molecular weight is 257 g/mol. The number of amides is 1. The third-order valence-electron chi connectivity index (χ3n) is 2.48. The van der Waals surface area contributed by atoms with E-state index < -0.39 is 6.10 Å². The Kier molecular flexibility index (Phi) is 5.25. The lowest BCUT2D eigenvalue weighted by Gasteiger charge is -2.17. The van der Waals surface area contributed by atoms with Gasteiger partial charge < -0.3 is 4.74 Å². The topological polar surface area (TPSA) is 64.3 Å². The van der Waals surface area contributed by atoms with Gasteiger partial charge in [0.1, 0.15) is 5.75 Å². The quantitative estimate of drug-likeness (QED) is 0.481. The second kappa shape index (κ2) is 6.47. The molecule has 1 aromatic carbocycles. The molecular formula is C12H17ClN2O2. The van der Waals surface area contributed by atoms with E-state index in [1.54, 1.807) is 6.07 Å². The van der Waals surface area contributed by atoms with Crippen LogP contribution in [0.25, 0.3) is 0 Å². The van der Waals surface area contributed by atoms with E-state index >= 15 is 0 Å². The zero-order valence-corrected chi connectivity index (χ0v) is 10.8. The number of rotatable bonds is 5. The summed E-state index contributed by atoms with van der Waals surface area (Å²) in [5.74, 6) is 5.21. The summed E-state index contributed by atoms with van der Waals surface area (Å²) < 4.78 is 5.52. The van der Waals surface area contributed by atoms with E-state index in [1.165, 1.54) is 0 Å². The Balaban J connectivity index is 2.83. The molecule has 0 spiro atoms. The molecule has 0 saturated carbocycles. The van der Waals surface area contributed by atoms with Gasteiger partial charge >= 0.3 is 0 Å². The molecule has 94 valence electrons. The predicted octanol–water partition coefficient (Wildman–Crippen LogP) is 2.05. The second-order valence-electron chi connectivity index (χ2n) is 3.64. The molecule has 0 radical (unpaired) electrons. The Morgan fingerprint density at radius 2 is 2.24 bits per heavy atom. The maximum atomic E-state index is 11.4. The maximum Gasteiger partial charge on any atom is 0.274 e. The minimum absolute atomic E-state index is 0.358. The van der Waals surface area contributed by atoms with Crippen LogP contribution in [0.15, 0.2) is 18.2 Å². The molecule has 0 bridgehead atoms. The van der Waals surface area contributed by atoms with Gasteiger partial charge in [-0.2, -0.15) is 0 Å². The lowest BCUT2D eigenvalue weighted by Crippen LogP contribution is -2.41. The van der Waals surface area contributed by atoms with Gasteiger partial charge in [0.05, 0.1) is 5.02 Å². The van der Waals surface area contributed by atoms with Gasteiger partial charge in [0, 0.05) is 0 Å². The molecule has 0 heterocycles. The Morgan fingerprint density at radius 1 is 1.53 bits per heavy atom. The third kappa shape index (κ3) is 3.61. The summed E-state index contributed by atoms with van der Waals surface area (Å²) in [5.41, 5.74) is 3.20. The monoisotopic (exact) mass is 256 g/mol. The molecule has 4 nitrogen and oxygen atoms in total. The van der Waals surface area contributed by atoms with Crippen molar-refractivity contribution >= 4 is 17.5 Å². The molecule has 0 aliphatic rings. The smallest absolute Gasteiger partial charge is 0.274 e. The minimum atomic E-state index is -0.620. The van der Waals surface area contributed by atoms with E-state index in [4.69, 9.17) is 22.2 Å². The Morgan fingerprint density at radius 3 is 2.71 bits per heavy atom. The summed E-state index contributed by atoms with van der Waals surface area (Å²) in [6.07, 6.45) is 0.806. The molecule has 17 heavy (non-hydrogen) atoms. The van der Waals surface area contributed by atoms with Crippen molar-refractivity contribution in [3.8, 4) is 5.75 Å². The van der Waals surface area contributed by atoms with Crippen molar-refractivity contribution in [2.45, 2.75) is 32.8 Å². The first-order chi connectivity index (χ1) is 8.12. The summed E-state index contributed by atoms with van der Waals surface area (Å²) in [6, 6.07) is 5.53. The van der Waals surface area contributed by atoms with E-state index in [0.717, 1.165) is 12.0 Å². The molecule has 5 heteroatoms. The number of carbonyl (C=O) groups excluding carboxylic acids is 1. The van der Waals surface area contributed by atoms with Crippen molar-refractivity contribution in [1.29, 1.82) is 0 Å². The molecule has 1 aromatic rings. The first-order valence-corrected chi connectivity index (χ1v) is 5.95. The predicted molar refractivity (Wildman–Crippen MR) is 67.9 cm³/mol. The summed E-state index contributed by atoms with van der Waals surface area (Å²) in [5, 5.41) is 0.507. The van der Waals surface area contributed by atoms with Crippen LogP contribution in [0.2, 0.25) is 5.02 Å². The van der Waals surface area contributed by atoms with Crippen LogP contribution in [0.3, 0.4) is 0 Å². The summed E-state index contributed by atoms with van der Waals surface area (Å²) in [6.45, 7) is 3.89. The summed E-state index contributed by atoms with van der Waals surface area (Å²) >= 11 is 6.07. The molecule has 1 amide bonds. The zero-order valence-electron chi connectivity index (χ0n) is 10.00. The molecule has 1 unspecified atom stereocenters. The Hall–Kier alpha value is -1.26. The van der Waals surface area contributed by atoms with E-state index in [1.807, 2.05) is 26.0 Å². The lowest BCUT2D eigenvalue weighted by molar-refractivity contribution is -0.128. The second-order valence-corrected chi connectivity index (χ2v) is 4.05. The van der Waals surface area contributed by atoms with Gasteiger partial charge in [-0.1, -0.05) is 31.5 Å². The van der Waals surface area contributed by atoms with Crippen molar-refractivity contribution in [3.63, 3.8) is 0 Å². The number of carbonyl (C=O) groups is 1. The van der Waals surface area contributed by atoms with Crippen molar-refractivity contribution < 1.29 is 9.53 Å². The zero-order chi connectivity index (χ0) is 12.8. The van der Waals surface area contributed by atoms with E-state index in [-0.39, 0.29) is 5.91 Å². The maximum absolute atomic E-state index is 11.4. The van der Waals surface area contributed by atoms with Crippen LogP contribution in [0, 0.1) is 0 Å². The van der Waals surface area contributed by atoms with Crippen LogP contribution >= 0.6 is 11.6 Å². The van der Waals surface area contributed by atoms with Crippen LogP contribution in [-0.4, -0.2) is 12.0 Å². The molecule has 1 atom stereocenters. The van der Waals surface area contributed by atoms with Crippen molar-refractivity contribution in [1.82, 2.24) is 5.43 Å². The summed E-state index contributed by atoms with van der Waals surface area (Å²) in [4.78, 5) is 11.4. The molecule has 3 N–H and O–H groups in total. The van der Waals surface area contributed by atoms with Crippen molar-refractivity contribution in [2.24, 2.45) is 5.84 Å². The average Bonchev–Trinajstić information content (AvgIpc) is 2.36. The van der Waals surface area contributed by atoms with Gasteiger partial charge in [0.15, 0.2) is 6.10 Å². The normalized spacial score (nSPS) is 12.0. The molecule has 0 aromatic heterocycles. The van der Waals surface area contributed by atoms with Crippen LogP contribution < -0.4 is 16.0 Å². The van der Waals surface area contributed by atoms with Crippen LogP contribution in [0.4, 0.5) is 0 Å². The number of aryl methyl sites for hydroxylation is 1. The molecule has 0 aliphatic carbocycles. The number of hydrogen-bond acceptors (Lipinski definition) is 3. The van der Waals surface area contributed by atoms with Crippen molar-refractivity contribution in [3.05, 3.63) is 28.8 Å². The fraction of sp³-hybridized carbons (Fsp3) is 0.417. The molecule has 0 fully saturated rings. The van der Waals surface area contributed by atoms with Crippen molar-refractivity contribution in [2.75, 3.05) is 0 Å². The SMILES string of the molecule is CCc1ccc(OC(CC)C(=O)NN)c(Cl)c1. The molecule has 0 saturated heterocycles. The largest absolute Gasteiger partial charge is 0.479 e. The van der Waals surface area contributed by atoms with Gasteiger partial charge in [-0.15, -0.1) is 0 Å². The fourth-order valence-corrected chi connectivity index (χ4v) is 1.68. The van der Waals surface area contributed by atoms with E-state index in [2.05, 4.69) is 5.43 Å². The number of halogens is 1. The number of hydrazine groups is 1. The van der Waals surface area contributed by atoms with E-state index in [9.17, 15) is 4.79 Å². The Labute approximate surface area is 106 Å². The fourth-order valence-electron chi connectivity index (χ4n) is 1.43. The first kappa shape index (κ1) is 13.8. The van der Waals surface area contributed by atoms with Gasteiger partial charge in [-0.25, -0.2) is 5.84 Å². The highest BCUT2D eigenvalue weighted by molar-refractivity contribution is 6.32. The first-order valence-electron chi connectivity index (χ1n) is 5.57. The molecule has 1 rings (SSSR count). The number of benzene rings is 1. The number of nitrogens with two attached hydrogens (primary N) is 1. The standard InChI is InChI=1S/C12H17ClN2O2/c1-3-8-5-6-11(9(13)7-8)17-10(4-2)12(16)15-14/h5-7,10H,3-4,14H2,1-2H3,(H,15,16). The number of hydrogen-bond donors (Lipinski definition) is 2. The summed E-state index contributed by atoms with van der Waals surface area (Å²) in [7, 11) is 0.